The molecule has 0 atom stereocenters. The summed E-state index contributed by atoms with van der Waals surface area (Å²) in [5, 5.41) is 9.83. The average molecular weight is 251 g/mol. The number of nitrogens with two attached hydrogens (primary N) is 1. The van der Waals surface area contributed by atoms with Gasteiger partial charge in [-0.05, 0) is 12.5 Å². The number of nitrogens with one attached hydrogen (secondary N) is 2. The molecule has 5 heteroatoms. The molecule has 1 heterocycles. The van der Waals surface area contributed by atoms with Crippen LogP contribution in [0.25, 0.3) is 0 Å². The zero-order chi connectivity index (χ0) is 13.1. The number of aliphatic imine (C=N–C) groups is 1. The molecule has 0 bridgehead atoms. The van der Waals surface area contributed by atoms with Crippen molar-refractivity contribution in [3.8, 4) is 0 Å². The van der Waals surface area contributed by atoms with E-state index in [0.29, 0.717) is 12.5 Å². The largest absolute Gasteiger partial charge is 0.370 e. The predicted molar refractivity (Wildman–Crippen MR) is 75.3 cm³/mol. The van der Waals surface area contributed by atoms with Crippen LogP contribution in [0.2, 0.25) is 0 Å². The van der Waals surface area contributed by atoms with Gasteiger partial charge < -0.3 is 11.1 Å². The minimum atomic E-state index is 0.512. The molecule has 0 saturated heterocycles. The van der Waals surface area contributed by atoms with Crippen LogP contribution >= 0.6 is 0 Å². The van der Waals surface area contributed by atoms with Crippen molar-refractivity contribution in [2.24, 2.45) is 10.7 Å². The van der Waals surface area contributed by atoms with Crippen LogP contribution in [0.5, 0.6) is 0 Å². The normalized spacial score (nSPS) is 11.7. The van der Waals surface area contributed by atoms with Gasteiger partial charge in [0.2, 0.25) is 0 Å². The van der Waals surface area contributed by atoms with E-state index in [1.807, 2.05) is 6.07 Å². The minimum absolute atomic E-state index is 0.512. The first-order valence-electron chi connectivity index (χ1n) is 6.85. The highest BCUT2D eigenvalue weighted by Gasteiger charge is 1.94. The number of unbranched alkanes of at least 4 members (excludes halogenated alkanes) is 5. The third-order valence-electron chi connectivity index (χ3n) is 2.81. The monoisotopic (exact) mass is 251 g/mol. The molecule has 0 fully saturated rings. The Kier molecular flexibility index (Phi) is 7.68. The van der Waals surface area contributed by atoms with Gasteiger partial charge in [-0.25, -0.2) is 4.99 Å². The van der Waals surface area contributed by atoms with E-state index in [2.05, 4.69) is 27.4 Å². The smallest absolute Gasteiger partial charge is 0.188 e. The molecule has 0 aliphatic heterocycles. The van der Waals surface area contributed by atoms with Gasteiger partial charge in [0.05, 0.1) is 12.2 Å². The Labute approximate surface area is 109 Å². The first-order chi connectivity index (χ1) is 8.83. The van der Waals surface area contributed by atoms with Crippen molar-refractivity contribution in [2.45, 2.75) is 52.0 Å². The number of hydrogen-bond acceptors (Lipinski definition) is 2. The summed E-state index contributed by atoms with van der Waals surface area (Å²) in [5.41, 5.74) is 6.73. The van der Waals surface area contributed by atoms with Crippen molar-refractivity contribution < 1.29 is 0 Å². The second kappa shape index (κ2) is 9.50. The molecule has 1 rings (SSSR count). The lowest BCUT2D eigenvalue weighted by Crippen LogP contribution is -2.32. The first kappa shape index (κ1) is 14.5. The van der Waals surface area contributed by atoms with E-state index in [-0.39, 0.29) is 0 Å². The van der Waals surface area contributed by atoms with Crippen molar-refractivity contribution in [3.63, 3.8) is 0 Å². The molecular formula is C13H25N5. The van der Waals surface area contributed by atoms with E-state index < -0.39 is 0 Å². The molecule has 0 amide bonds. The van der Waals surface area contributed by atoms with E-state index in [0.717, 1.165) is 18.7 Å². The van der Waals surface area contributed by atoms with E-state index in [4.69, 9.17) is 5.73 Å². The Morgan fingerprint density at radius 3 is 2.83 bits per heavy atom. The highest BCUT2D eigenvalue weighted by molar-refractivity contribution is 5.77. The highest BCUT2D eigenvalue weighted by atomic mass is 15.1. The summed E-state index contributed by atoms with van der Waals surface area (Å²) < 4.78 is 0. The van der Waals surface area contributed by atoms with Crippen molar-refractivity contribution in [2.75, 3.05) is 6.54 Å². The Balaban J connectivity index is 1.99. The maximum Gasteiger partial charge on any atom is 0.188 e. The van der Waals surface area contributed by atoms with Gasteiger partial charge >= 0.3 is 0 Å². The highest BCUT2D eigenvalue weighted by Crippen LogP contribution is 2.03. The summed E-state index contributed by atoms with van der Waals surface area (Å²) in [4.78, 5) is 4.23. The minimum Gasteiger partial charge on any atom is -0.370 e. The summed E-state index contributed by atoms with van der Waals surface area (Å²) in [7, 11) is 0. The number of hydrogen-bond donors (Lipinski definition) is 3. The van der Waals surface area contributed by atoms with Crippen LogP contribution < -0.4 is 11.1 Å². The van der Waals surface area contributed by atoms with E-state index in [1.54, 1.807) is 6.20 Å². The maximum absolute atomic E-state index is 5.76. The SMILES string of the molecule is CCCCCCCCNC(N)=NCc1ccn[nH]1. The molecule has 0 spiro atoms. The number of guanidine groups is 1. The first-order valence-corrected chi connectivity index (χ1v) is 6.85. The van der Waals surface area contributed by atoms with Crippen molar-refractivity contribution in [3.05, 3.63) is 18.0 Å². The molecule has 0 aliphatic carbocycles. The maximum atomic E-state index is 5.76. The molecule has 4 N–H and O–H groups in total. The summed E-state index contributed by atoms with van der Waals surface area (Å²) >= 11 is 0. The lowest BCUT2D eigenvalue weighted by atomic mass is 10.1. The molecule has 1 aromatic heterocycles. The summed E-state index contributed by atoms with van der Waals surface area (Å²) in [6.45, 7) is 3.69. The van der Waals surface area contributed by atoms with Gasteiger partial charge in [0.15, 0.2) is 5.96 Å². The third kappa shape index (κ3) is 6.93. The summed E-state index contributed by atoms with van der Waals surface area (Å²) in [6, 6.07) is 1.89. The quantitative estimate of drug-likeness (QED) is 0.357. The van der Waals surface area contributed by atoms with Crippen LogP contribution in [0.15, 0.2) is 17.3 Å². The zero-order valence-electron chi connectivity index (χ0n) is 11.3. The number of aromatic amines is 1. The average Bonchev–Trinajstić information content (AvgIpc) is 2.88. The van der Waals surface area contributed by atoms with E-state index >= 15 is 0 Å². The lowest BCUT2D eigenvalue weighted by Gasteiger charge is -2.05. The van der Waals surface area contributed by atoms with Gasteiger partial charge in [0, 0.05) is 12.7 Å². The number of rotatable bonds is 9. The molecule has 5 nitrogen and oxygen atoms in total. The Morgan fingerprint density at radius 1 is 1.33 bits per heavy atom. The van der Waals surface area contributed by atoms with Crippen LogP contribution in [-0.2, 0) is 6.54 Å². The Hall–Kier alpha value is -1.52. The van der Waals surface area contributed by atoms with Gasteiger partial charge in [-0.1, -0.05) is 39.0 Å². The van der Waals surface area contributed by atoms with Crippen molar-refractivity contribution in [1.29, 1.82) is 0 Å². The topological polar surface area (TPSA) is 79.1 Å². The molecule has 18 heavy (non-hydrogen) atoms. The van der Waals surface area contributed by atoms with Gasteiger partial charge in [-0.15, -0.1) is 0 Å². The Bertz CT molecular complexity index is 318. The summed E-state index contributed by atoms with van der Waals surface area (Å²) in [6.07, 6.45) is 9.45. The Morgan fingerprint density at radius 2 is 2.11 bits per heavy atom. The third-order valence-corrected chi connectivity index (χ3v) is 2.81. The van der Waals surface area contributed by atoms with Crippen molar-refractivity contribution in [1.82, 2.24) is 15.5 Å². The predicted octanol–water partition coefficient (Wildman–Crippen LogP) is 2.17. The van der Waals surface area contributed by atoms with Gasteiger partial charge in [0.1, 0.15) is 0 Å². The van der Waals surface area contributed by atoms with Gasteiger partial charge in [-0.2, -0.15) is 5.10 Å². The number of nitrogens with zero attached hydrogens (tertiary/aromatic N) is 2. The second-order valence-electron chi connectivity index (χ2n) is 4.48. The molecule has 0 saturated carbocycles. The van der Waals surface area contributed by atoms with Crippen LogP contribution in [0, 0.1) is 0 Å². The van der Waals surface area contributed by atoms with Crippen LogP contribution in [-0.4, -0.2) is 22.7 Å². The van der Waals surface area contributed by atoms with E-state index in [9.17, 15) is 0 Å². The molecule has 1 aromatic rings. The number of H-pyrrole nitrogens is 1. The standard InChI is InChI=1S/C13H25N5/c1-2-3-4-5-6-7-9-15-13(14)16-11-12-8-10-17-18-12/h8,10H,2-7,9,11H2,1H3,(H,17,18)(H3,14,15,16). The van der Waals surface area contributed by atoms with Crippen LogP contribution in [0.1, 0.15) is 51.1 Å². The molecule has 0 unspecified atom stereocenters. The number of aromatic nitrogens is 2. The zero-order valence-corrected chi connectivity index (χ0v) is 11.3. The molecule has 0 radical (unpaired) electrons. The lowest BCUT2D eigenvalue weighted by molar-refractivity contribution is 0.601. The van der Waals surface area contributed by atoms with Crippen LogP contribution in [0.4, 0.5) is 0 Å². The molecular weight excluding hydrogens is 226 g/mol. The van der Waals surface area contributed by atoms with Crippen LogP contribution in [0.3, 0.4) is 0 Å². The fourth-order valence-electron chi connectivity index (χ4n) is 1.72. The second-order valence-corrected chi connectivity index (χ2v) is 4.48. The molecule has 0 aromatic carbocycles. The molecule has 102 valence electrons. The van der Waals surface area contributed by atoms with Gasteiger partial charge in [0.25, 0.3) is 0 Å². The fraction of sp³-hybridized carbons (Fsp3) is 0.692. The fourth-order valence-corrected chi connectivity index (χ4v) is 1.72. The van der Waals surface area contributed by atoms with Crippen molar-refractivity contribution >= 4 is 5.96 Å². The summed E-state index contributed by atoms with van der Waals surface area (Å²) in [5.74, 6) is 0.512. The molecule has 0 aliphatic rings. The van der Waals surface area contributed by atoms with Gasteiger partial charge in [-0.3, -0.25) is 5.10 Å². The van der Waals surface area contributed by atoms with E-state index in [1.165, 1.54) is 32.1 Å².